The Morgan fingerprint density at radius 2 is 1.95 bits per heavy atom. The van der Waals surface area contributed by atoms with Crippen LogP contribution in [0.5, 0.6) is 0 Å². The van der Waals surface area contributed by atoms with Crippen molar-refractivity contribution in [2.24, 2.45) is 0 Å². The van der Waals surface area contributed by atoms with E-state index < -0.39 is 0 Å². The van der Waals surface area contributed by atoms with Gasteiger partial charge in [0.2, 0.25) is 0 Å². The second-order valence-electron chi connectivity index (χ2n) is 4.22. The summed E-state index contributed by atoms with van der Waals surface area (Å²) in [4.78, 5) is 12.2. The van der Waals surface area contributed by atoms with Crippen molar-refractivity contribution >= 4 is 34.8 Å². The number of nitrogens with zero attached hydrogens (tertiary/aromatic N) is 1. The maximum absolute atomic E-state index is 12.2. The van der Waals surface area contributed by atoms with Crippen molar-refractivity contribution in [2.45, 2.75) is 6.92 Å². The summed E-state index contributed by atoms with van der Waals surface area (Å²) in [6.07, 6.45) is 0. The molecule has 0 atom stereocenters. The summed E-state index contributed by atoms with van der Waals surface area (Å²) in [5.41, 5.74) is 2.11. The topological polar surface area (TPSA) is 52.9 Å². The average Bonchev–Trinajstić information content (AvgIpc) is 2.41. The van der Waals surface area contributed by atoms with Gasteiger partial charge in [0, 0.05) is 10.6 Å². The van der Waals surface area contributed by atoms with Gasteiger partial charge in [0.25, 0.3) is 5.91 Å². The third kappa shape index (κ3) is 3.11. The molecule has 100 valence electrons. The van der Waals surface area contributed by atoms with E-state index in [4.69, 9.17) is 28.5 Å². The van der Waals surface area contributed by atoms with Crippen molar-refractivity contribution in [3.05, 3.63) is 63.1 Å². The minimum Gasteiger partial charge on any atom is -0.321 e. The molecule has 2 rings (SSSR count). The Morgan fingerprint density at radius 3 is 2.60 bits per heavy atom. The van der Waals surface area contributed by atoms with E-state index in [-0.39, 0.29) is 5.91 Å². The van der Waals surface area contributed by atoms with E-state index in [0.29, 0.717) is 26.9 Å². The monoisotopic (exact) mass is 304 g/mol. The van der Waals surface area contributed by atoms with Gasteiger partial charge in [-0.2, -0.15) is 5.26 Å². The van der Waals surface area contributed by atoms with Crippen LogP contribution in [0.1, 0.15) is 21.5 Å². The molecular formula is C15H10Cl2N2O. The highest BCUT2D eigenvalue weighted by molar-refractivity contribution is 6.34. The number of hydrogen-bond acceptors (Lipinski definition) is 2. The number of carbonyl (C=O) groups excluding carboxylic acids is 1. The lowest BCUT2D eigenvalue weighted by Gasteiger charge is -2.09. The largest absolute Gasteiger partial charge is 0.321 e. The highest BCUT2D eigenvalue weighted by Gasteiger charge is 2.11. The van der Waals surface area contributed by atoms with Gasteiger partial charge in [-0.15, -0.1) is 0 Å². The molecule has 0 aliphatic rings. The maximum atomic E-state index is 12.2. The average molecular weight is 305 g/mol. The first-order chi connectivity index (χ1) is 9.51. The van der Waals surface area contributed by atoms with Gasteiger partial charge in [0.1, 0.15) is 0 Å². The number of rotatable bonds is 2. The number of halogens is 2. The molecule has 1 amide bonds. The summed E-state index contributed by atoms with van der Waals surface area (Å²) in [5, 5.41) is 12.5. The summed E-state index contributed by atoms with van der Waals surface area (Å²) in [6, 6.07) is 11.7. The molecule has 0 fully saturated rings. The zero-order valence-corrected chi connectivity index (χ0v) is 12.1. The minimum atomic E-state index is -0.295. The van der Waals surface area contributed by atoms with Crippen LogP contribution in [-0.2, 0) is 0 Å². The predicted molar refractivity (Wildman–Crippen MR) is 80.3 cm³/mol. The van der Waals surface area contributed by atoms with E-state index >= 15 is 0 Å². The molecule has 0 saturated heterocycles. The normalized spacial score (nSPS) is 9.90. The summed E-state index contributed by atoms with van der Waals surface area (Å²) < 4.78 is 0. The van der Waals surface area contributed by atoms with E-state index in [1.165, 1.54) is 6.07 Å². The molecule has 0 bridgehead atoms. The highest BCUT2D eigenvalue weighted by atomic mass is 35.5. The van der Waals surface area contributed by atoms with Crippen LogP contribution in [0.4, 0.5) is 5.69 Å². The Kier molecular flexibility index (Phi) is 4.29. The number of amides is 1. The minimum absolute atomic E-state index is 0.295. The van der Waals surface area contributed by atoms with Crippen LogP contribution in [0.25, 0.3) is 0 Å². The molecule has 1 N–H and O–H groups in total. The van der Waals surface area contributed by atoms with E-state index in [1.54, 1.807) is 37.3 Å². The van der Waals surface area contributed by atoms with Crippen molar-refractivity contribution in [1.82, 2.24) is 0 Å². The lowest BCUT2D eigenvalue weighted by Crippen LogP contribution is -2.13. The summed E-state index contributed by atoms with van der Waals surface area (Å²) in [5.74, 6) is -0.295. The number of nitriles is 1. The molecule has 3 nitrogen and oxygen atoms in total. The second-order valence-corrected chi connectivity index (χ2v) is 5.06. The molecule has 0 aromatic heterocycles. The van der Waals surface area contributed by atoms with Crippen LogP contribution < -0.4 is 5.32 Å². The SMILES string of the molecule is Cc1cc(Cl)ccc1C(=O)Nc1cc(C#N)ccc1Cl. The summed E-state index contributed by atoms with van der Waals surface area (Å²) in [6.45, 7) is 1.80. The van der Waals surface area contributed by atoms with Crippen molar-refractivity contribution in [1.29, 1.82) is 5.26 Å². The Hall–Kier alpha value is -2.02. The molecule has 2 aromatic carbocycles. The van der Waals surface area contributed by atoms with Crippen LogP contribution in [0.15, 0.2) is 36.4 Å². The first-order valence-electron chi connectivity index (χ1n) is 5.78. The molecule has 0 spiro atoms. The van der Waals surface area contributed by atoms with Gasteiger partial charge >= 0.3 is 0 Å². The number of benzene rings is 2. The predicted octanol–water partition coefficient (Wildman–Crippen LogP) is 4.43. The number of nitrogens with one attached hydrogen (secondary N) is 1. The smallest absolute Gasteiger partial charge is 0.255 e. The van der Waals surface area contributed by atoms with Gasteiger partial charge in [0.15, 0.2) is 0 Å². The van der Waals surface area contributed by atoms with Crippen LogP contribution in [0.3, 0.4) is 0 Å². The third-order valence-electron chi connectivity index (χ3n) is 2.78. The van der Waals surface area contributed by atoms with Crippen molar-refractivity contribution in [2.75, 3.05) is 5.32 Å². The van der Waals surface area contributed by atoms with E-state index in [0.717, 1.165) is 5.56 Å². The Bertz CT molecular complexity index is 720. The van der Waals surface area contributed by atoms with Gasteiger partial charge in [-0.1, -0.05) is 23.2 Å². The van der Waals surface area contributed by atoms with Gasteiger partial charge in [-0.25, -0.2) is 0 Å². The van der Waals surface area contributed by atoms with Gasteiger partial charge in [-0.3, -0.25) is 4.79 Å². The van der Waals surface area contributed by atoms with Crippen LogP contribution >= 0.6 is 23.2 Å². The standard InChI is InChI=1S/C15H10Cl2N2O/c1-9-6-11(16)3-4-12(9)15(20)19-14-7-10(8-18)2-5-13(14)17/h2-7H,1H3,(H,19,20). The molecule has 0 saturated carbocycles. The van der Waals surface area contributed by atoms with Crippen LogP contribution in [0.2, 0.25) is 10.0 Å². The molecule has 0 aliphatic heterocycles. The quantitative estimate of drug-likeness (QED) is 0.892. The molecule has 0 aliphatic carbocycles. The number of aryl methyl sites for hydroxylation is 1. The van der Waals surface area contributed by atoms with Gasteiger partial charge in [-0.05, 0) is 48.9 Å². The molecule has 2 aromatic rings. The van der Waals surface area contributed by atoms with Crippen molar-refractivity contribution in [3.63, 3.8) is 0 Å². The lowest BCUT2D eigenvalue weighted by molar-refractivity contribution is 0.102. The Labute approximate surface area is 126 Å². The fourth-order valence-corrected chi connectivity index (χ4v) is 2.15. The fourth-order valence-electron chi connectivity index (χ4n) is 1.76. The molecular weight excluding hydrogens is 295 g/mol. The molecule has 5 heteroatoms. The molecule has 0 unspecified atom stereocenters. The third-order valence-corrected chi connectivity index (χ3v) is 3.34. The number of hydrogen-bond donors (Lipinski definition) is 1. The van der Waals surface area contributed by atoms with Gasteiger partial charge in [0.05, 0.1) is 22.3 Å². The maximum Gasteiger partial charge on any atom is 0.255 e. The zero-order valence-electron chi connectivity index (χ0n) is 10.6. The fraction of sp³-hybridized carbons (Fsp3) is 0.0667. The second kappa shape index (κ2) is 5.96. The van der Waals surface area contributed by atoms with E-state index in [1.807, 2.05) is 6.07 Å². The first kappa shape index (κ1) is 14.4. The van der Waals surface area contributed by atoms with E-state index in [2.05, 4.69) is 5.32 Å². The van der Waals surface area contributed by atoms with Crippen molar-refractivity contribution in [3.8, 4) is 6.07 Å². The number of carbonyl (C=O) groups is 1. The van der Waals surface area contributed by atoms with Gasteiger partial charge < -0.3 is 5.32 Å². The highest BCUT2D eigenvalue weighted by Crippen LogP contribution is 2.24. The summed E-state index contributed by atoms with van der Waals surface area (Å²) in [7, 11) is 0. The summed E-state index contributed by atoms with van der Waals surface area (Å²) >= 11 is 11.9. The molecule has 0 heterocycles. The zero-order chi connectivity index (χ0) is 14.7. The molecule has 0 radical (unpaired) electrons. The van der Waals surface area contributed by atoms with Crippen molar-refractivity contribution < 1.29 is 4.79 Å². The van der Waals surface area contributed by atoms with E-state index in [9.17, 15) is 4.79 Å². The first-order valence-corrected chi connectivity index (χ1v) is 6.54. The molecule has 20 heavy (non-hydrogen) atoms. The number of anilines is 1. The lowest BCUT2D eigenvalue weighted by atomic mass is 10.1. The van der Waals surface area contributed by atoms with Crippen LogP contribution in [0, 0.1) is 18.3 Å². The Balaban J connectivity index is 2.30. The Morgan fingerprint density at radius 1 is 1.20 bits per heavy atom. The van der Waals surface area contributed by atoms with Crippen LogP contribution in [-0.4, -0.2) is 5.91 Å².